The number of likely N-dealkylation sites (tertiary alicyclic amines) is 1. The summed E-state index contributed by atoms with van der Waals surface area (Å²) in [6.07, 6.45) is 2.12. The zero-order chi connectivity index (χ0) is 19.8. The highest BCUT2D eigenvalue weighted by molar-refractivity contribution is 5.84. The molecule has 1 aromatic rings. The second-order valence-corrected chi connectivity index (χ2v) is 7.60. The number of piperazine rings is 1. The summed E-state index contributed by atoms with van der Waals surface area (Å²) in [5.41, 5.74) is 2.38. The Hall–Kier alpha value is -2.12. The van der Waals surface area contributed by atoms with Crippen LogP contribution in [0.25, 0.3) is 0 Å². The van der Waals surface area contributed by atoms with Gasteiger partial charge in [0.15, 0.2) is 0 Å². The topological polar surface area (TPSA) is 67.9 Å². The lowest BCUT2D eigenvalue weighted by molar-refractivity contribution is -0.128. The Balaban J connectivity index is 1.44. The molecule has 2 aliphatic heterocycles. The van der Waals surface area contributed by atoms with Gasteiger partial charge in [-0.2, -0.15) is 0 Å². The van der Waals surface area contributed by atoms with Crippen LogP contribution in [0.5, 0.6) is 0 Å². The van der Waals surface area contributed by atoms with Crippen molar-refractivity contribution in [1.29, 1.82) is 0 Å². The predicted octanol–water partition coefficient (Wildman–Crippen LogP) is 1.25. The second-order valence-electron chi connectivity index (χ2n) is 7.60. The lowest BCUT2D eigenvalue weighted by Gasteiger charge is -2.34. The summed E-state index contributed by atoms with van der Waals surface area (Å²) in [5, 5.41) is 5.58. The number of hydrogen-bond acceptors (Lipinski definition) is 4. The standard InChI is InChI=1S/C21H33N5O2/c1-2-24-11-13-25(14-12-24)17-19-8-4-3-7-18(19)15-22-21(28)23-16-20(27)26-9-5-6-10-26/h3-4,7-8H,2,5-6,9-17H2,1H3,(H2,22,23,28). The van der Waals surface area contributed by atoms with Crippen molar-refractivity contribution < 1.29 is 9.59 Å². The largest absolute Gasteiger partial charge is 0.341 e. The van der Waals surface area contributed by atoms with E-state index < -0.39 is 0 Å². The number of amides is 3. The van der Waals surface area contributed by atoms with E-state index in [1.54, 1.807) is 0 Å². The third kappa shape index (κ3) is 5.94. The van der Waals surface area contributed by atoms with Crippen LogP contribution in [0.1, 0.15) is 30.9 Å². The Morgan fingerprint density at radius 2 is 1.54 bits per heavy atom. The number of carbonyl (C=O) groups is 2. The fourth-order valence-electron chi connectivity index (χ4n) is 3.86. The van der Waals surface area contributed by atoms with Crippen LogP contribution in [0, 0.1) is 0 Å². The molecule has 3 rings (SSSR count). The van der Waals surface area contributed by atoms with Gasteiger partial charge in [0.2, 0.25) is 5.91 Å². The molecule has 0 aliphatic carbocycles. The zero-order valence-corrected chi connectivity index (χ0v) is 17.0. The number of nitrogens with one attached hydrogen (secondary N) is 2. The van der Waals surface area contributed by atoms with Crippen molar-refractivity contribution in [3.05, 3.63) is 35.4 Å². The van der Waals surface area contributed by atoms with E-state index in [1.807, 2.05) is 11.0 Å². The van der Waals surface area contributed by atoms with Gasteiger partial charge in [-0.15, -0.1) is 0 Å². The zero-order valence-electron chi connectivity index (χ0n) is 17.0. The molecule has 3 amide bonds. The molecule has 0 spiro atoms. The first-order valence-corrected chi connectivity index (χ1v) is 10.5. The number of likely N-dealkylation sites (N-methyl/N-ethyl adjacent to an activating group) is 1. The third-order valence-corrected chi connectivity index (χ3v) is 5.72. The highest BCUT2D eigenvalue weighted by atomic mass is 16.2. The van der Waals surface area contributed by atoms with Crippen molar-refractivity contribution in [2.45, 2.75) is 32.9 Å². The highest BCUT2D eigenvalue weighted by Crippen LogP contribution is 2.13. The molecule has 0 bridgehead atoms. The van der Waals surface area contributed by atoms with Gasteiger partial charge >= 0.3 is 6.03 Å². The van der Waals surface area contributed by atoms with E-state index in [1.165, 1.54) is 5.56 Å². The number of urea groups is 1. The van der Waals surface area contributed by atoms with Crippen LogP contribution in [0.15, 0.2) is 24.3 Å². The van der Waals surface area contributed by atoms with Crippen LogP contribution in [0.3, 0.4) is 0 Å². The van der Waals surface area contributed by atoms with Gasteiger partial charge in [0.1, 0.15) is 0 Å². The molecule has 0 aromatic heterocycles. The molecular formula is C21H33N5O2. The van der Waals surface area contributed by atoms with Crippen molar-refractivity contribution in [2.24, 2.45) is 0 Å². The normalized spacial score (nSPS) is 18.2. The molecule has 154 valence electrons. The second kappa shape index (κ2) is 10.4. The van der Waals surface area contributed by atoms with Crippen molar-refractivity contribution in [3.63, 3.8) is 0 Å². The molecule has 7 heteroatoms. The number of hydrogen-bond donors (Lipinski definition) is 2. The van der Waals surface area contributed by atoms with Crippen LogP contribution < -0.4 is 10.6 Å². The Morgan fingerprint density at radius 3 is 2.21 bits per heavy atom. The van der Waals surface area contributed by atoms with Gasteiger partial charge < -0.3 is 20.4 Å². The molecular weight excluding hydrogens is 354 g/mol. The van der Waals surface area contributed by atoms with Crippen molar-refractivity contribution in [3.8, 4) is 0 Å². The van der Waals surface area contributed by atoms with Crippen LogP contribution in [0.4, 0.5) is 4.79 Å². The fourth-order valence-corrected chi connectivity index (χ4v) is 3.86. The summed E-state index contributed by atoms with van der Waals surface area (Å²) in [4.78, 5) is 30.9. The molecule has 7 nitrogen and oxygen atoms in total. The highest BCUT2D eigenvalue weighted by Gasteiger charge is 2.19. The van der Waals surface area contributed by atoms with Gasteiger partial charge in [0.25, 0.3) is 0 Å². The minimum atomic E-state index is -0.293. The van der Waals surface area contributed by atoms with E-state index in [9.17, 15) is 9.59 Å². The maximum Gasteiger partial charge on any atom is 0.315 e. The maximum absolute atomic E-state index is 12.1. The molecule has 2 N–H and O–H groups in total. The molecule has 1 aromatic carbocycles. The number of nitrogens with zero attached hydrogens (tertiary/aromatic N) is 3. The van der Waals surface area contributed by atoms with E-state index in [0.29, 0.717) is 6.54 Å². The van der Waals surface area contributed by atoms with Gasteiger partial charge in [-0.3, -0.25) is 9.69 Å². The van der Waals surface area contributed by atoms with Crippen LogP contribution >= 0.6 is 0 Å². The summed E-state index contributed by atoms with van der Waals surface area (Å²) in [6, 6.07) is 7.96. The first kappa shape index (κ1) is 20.6. The fraction of sp³-hybridized carbons (Fsp3) is 0.619. The van der Waals surface area contributed by atoms with Crippen LogP contribution in [0.2, 0.25) is 0 Å². The molecule has 0 radical (unpaired) electrons. The summed E-state index contributed by atoms with van der Waals surface area (Å²) in [6.45, 7) is 10.8. The lowest BCUT2D eigenvalue weighted by atomic mass is 10.1. The van der Waals surface area contributed by atoms with Crippen molar-refractivity contribution in [2.75, 3.05) is 52.4 Å². The smallest absolute Gasteiger partial charge is 0.315 e. The average molecular weight is 388 g/mol. The first-order valence-electron chi connectivity index (χ1n) is 10.5. The SMILES string of the molecule is CCN1CCN(Cc2ccccc2CNC(=O)NCC(=O)N2CCCC2)CC1. The Labute approximate surface area is 168 Å². The van der Waals surface area contributed by atoms with E-state index >= 15 is 0 Å². The number of benzene rings is 1. The monoisotopic (exact) mass is 387 g/mol. The van der Waals surface area contributed by atoms with Crippen LogP contribution in [-0.2, 0) is 17.9 Å². The molecule has 0 saturated carbocycles. The minimum Gasteiger partial charge on any atom is -0.341 e. The molecule has 2 heterocycles. The van der Waals surface area contributed by atoms with E-state index in [4.69, 9.17) is 0 Å². The molecule has 2 saturated heterocycles. The first-order chi connectivity index (χ1) is 13.7. The summed E-state index contributed by atoms with van der Waals surface area (Å²) in [5.74, 6) is -0.000674. The van der Waals surface area contributed by atoms with Gasteiger partial charge in [-0.25, -0.2) is 4.79 Å². The Morgan fingerprint density at radius 1 is 0.893 bits per heavy atom. The number of carbonyl (C=O) groups excluding carboxylic acids is 2. The van der Waals surface area contributed by atoms with E-state index in [-0.39, 0.29) is 18.5 Å². The molecule has 2 fully saturated rings. The van der Waals surface area contributed by atoms with E-state index in [2.05, 4.69) is 45.6 Å². The average Bonchev–Trinajstić information content (AvgIpc) is 3.27. The third-order valence-electron chi connectivity index (χ3n) is 5.72. The molecule has 0 atom stereocenters. The van der Waals surface area contributed by atoms with Gasteiger partial charge in [0.05, 0.1) is 6.54 Å². The quantitative estimate of drug-likeness (QED) is 0.739. The van der Waals surface area contributed by atoms with Gasteiger partial charge in [-0.1, -0.05) is 31.2 Å². The van der Waals surface area contributed by atoms with Crippen molar-refractivity contribution in [1.82, 2.24) is 25.3 Å². The number of rotatable bonds is 7. The summed E-state index contributed by atoms with van der Waals surface area (Å²) < 4.78 is 0. The Bertz CT molecular complexity index is 652. The van der Waals surface area contributed by atoms with Crippen molar-refractivity contribution >= 4 is 11.9 Å². The minimum absolute atomic E-state index is 0.000674. The molecule has 2 aliphatic rings. The Kier molecular flexibility index (Phi) is 7.68. The van der Waals surface area contributed by atoms with Gasteiger partial charge in [0, 0.05) is 52.4 Å². The van der Waals surface area contributed by atoms with Crippen LogP contribution in [-0.4, -0.2) is 79.0 Å². The lowest BCUT2D eigenvalue weighted by Crippen LogP contribution is -2.45. The van der Waals surface area contributed by atoms with Gasteiger partial charge in [-0.05, 0) is 30.5 Å². The molecule has 0 unspecified atom stereocenters. The van der Waals surface area contributed by atoms with E-state index in [0.717, 1.165) is 70.8 Å². The molecule has 28 heavy (non-hydrogen) atoms. The maximum atomic E-state index is 12.1. The predicted molar refractivity (Wildman–Crippen MR) is 110 cm³/mol. The summed E-state index contributed by atoms with van der Waals surface area (Å²) in [7, 11) is 0. The summed E-state index contributed by atoms with van der Waals surface area (Å²) >= 11 is 0.